The van der Waals surface area contributed by atoms with Gasteiger partial charge in [0.15, 0.2) is 0 Å². The minimum absolute atomic E-state index is 0.00192. The van der Waals surface area contributed by atoms with Gasteiger partial charge in [-0.15, -0.1) is 0 Å². The summed E-state index contributed by atoms with van der Waals surface area (Å²) < 4.78 is 5.39. The van der Waals surface area contributed by atoms with Gasteiger partial charge >= 0.3 is 5.97 Å². The smallest absolute Gasteiger partial charge is 0.306 e. The van der Waals surface area contributed by atoms with Crippen LogP contribution in [0.5, 0.6) is 0 Å². The molecule has 0 saturated heterocycles. The number of unbranched alkanes of at least 4 members (excludes halogenated alkanes) is 18. The maximum atomic E-state index is 11.7. The molecule has 1 unspecified atom stereocenters. The molecular weight excluding hydrogens is 356 g/mol. The summed E-state index contributed by atoms with van der Waals surface area (Å²) >= 11 is 0. The number of esters is 1. The van der Waals surface area contributed by atoms with Crippen LogP contribution in [0.1, 0.15) is 162 Å². The van der Waals surface area contributed by atoms with Gasteiger partial charge in [-0.3, -0.25) is 4.79 Å². The van der Waals surface area contributed by atoms with E-state index in [0.29, 0.717) is 6.42 Å². The van der Waals surface area contributed by atoms with Gasteiger partial charge in [0.25, 0.3) is 0 Å². The van der Waals surface area contributed by atoms with Gasteiger partial charge in [0.1, 0.15) is 0 Å². The first-order chi connectivity index (χ1) is 14.2. The average Bonchev–Trinajstić information content (AvgIpc) is 2.70. The second-order valence-electron chi connectivity index (χ2n) is 9.20. The van der Waals surface area contributed by atoms with Crippen LogP contribution in [0.3, 0.4) is 0 Å². The van der Waals surface area contributed by atoms with Crippen molar-refractivity contribution in [1.29, 1.82) is 0 Å². The molecule has 0 amide bonds. The quantitative estimate of drug-likeness (QED) is 0.124. The molecule has 0 aliphatic carbocycles. The maximum Gasteiger partial charge on any atom is 0.306 e. The fourth-order valence-corrected chi connectivity index (χ4v) is 4.10. The summed E-state index contributed by atoms with van der Waals surface area (Å²) in [4.78, 5) is 11.7. The number of ether oxygens (including phenoxy) is 1. The van der Waals surface area contributed by atoms with Crippen molar-refractivity contribution in [3.63, 3.8) is 0 Å². The lowest BCUT2D eigenvalue weighted by molar-refractivity contribution is -0.148. The number of carbonyl (C=O) groups is 1. The SMILES string of the molecule is CCCCCCCCCCCCCCCCCCCCCC(=O)OC(C)CCC. The summed E-state index contributed by atoms with van der Waals surface area (Å²) in [7, 11) is 0. The number of hydrogen-bond donors (Lipinski definition) is 0. The van der Waals surface area contributed by atoms with Gasteiger partial charge in [-0.1, -0.05) is 136 Å². The van der Waals surface area contributed by atoms with Gasteiger partial charge in [0, 0.05) is 6.42 Å². The molecule has 0 aliphatic heterocycles. The van der Waals surface area contributed by atoms with Crippen molar-refractivity contribution in [2.45, 2.75) is 168 Å². The first-order valence-corrected chi connectivity index (χ1v) is 13.4. The van der Waals surface area contributed by atoms with E-state index in [1.807, 2.05) is 6.92 Å². The van der Waals surface area contributed by atoms with Gasteiger partial charge in [0.05, 0.1) is 6.10 Å². The summed E-state index contributed by atoms with van der Waals surface area (Å²) in [5.41, 5.74) is 0. The van der Waals surface area contributed by atoms with Crippen molar-refractivity contribution in [3.8, 4) is 0 Å². The van der Waals surface area contributed by atoms with Crippen LogP contribution >= 0.6 is 0 Å². The minimum atomic E-state index is -0.00192. The summed E-state index contributed by atoms with van der Waals surface area (Å²) in [5, 5.41) is 0. The van der Waals surface area contributed by atoms with Crippen molar-refractivity contribution in [2.24, 2.45) is 0 Å². The first kappa shape index (κ1) is 28.5. The van der Waals surface area contributed by atoms with Gasteiger partial charge < -0.3 is 4.74 Å². The lowest BCUT2D eigenvalue weighted by Gasteiger charge is -2.11. The average molecular weight is 411 g/mol. The van der Waals surface area contributed by atoms with Crippen molar-refractivity contribution in [1.82, 2.24) is 0 Å². The molecule has 0 spiro atoms. The van der Waals surface area contributed by atoms with E-state index in [2.05, 4.69) is 13.8 Å². The fourth-order valence-electron chi connectivity index (χ4n) is 4.10. The van der Waals surface area contributed by atoms with E-state index in [0.717, 1.165) is 19.3 Å². The van der Waals surface area contributed by atoms with Gasteiger partial charge in [0.2, 0.25) is 0 Å². The summed E-state index contributed by atoms with van der Waals surface area (Å²) in [6.07, 6.45) is 29.0. The molecule has 0 rings (SSSR count). The first-order valence-electron chi connectivity index (χ1n) is 13.4. The zero-order valence-corrected chi connectivity index (χ0v) is 20.5. The molecule has 0 aromatic rings. The molecule has 0 N–H and O–H groups in total. The van der Waals surface area contributed by atoms with Crippen LogP contribution in [-0.4, -0.2) is 12.1 Å². The molecule has 0 fully saturated rings. The molecule has 0 saturated carbocycles. The Morgan fingerprint density at radius 2 is 0.897 bits per heavy atom. The van der Waals surface area contributed by atoms with E-state index in [9.17, 15) is 4.79 Å². The van der Waals surface area contributed by atoms with E-state index >= 15 is 0 Å². The van der Waals surface area contributed by atoms with E-state index < -0.39 is 0 Å². The zero-order chi connectivity index (χ0) is 21.4. The maximum absolute atomic E-state index is 11.7. The molecule has 174 valence electrons. The van der Waals surface area contributed by atoms with Gasteiger partial charge in [-0.2, -0.15) is 0 Å². The molecule has 0 aromatic heterocycles. The van der Waals surface area contributed by atoms with Crippen molar-refractivity contribution in [3.05, 3.63) is 0 Å². The third-order valence-corrected chi connectivity index (χ3v) is 6.01. The lowest BCUT2D eigenvalue weighted by atomic mass is 10.0. The summed E-state index contributed by atoms with van der Waals surface area (Å²) in [6.45, 7) is 6.42. The lowest BCUT2D eigenvalue weighted by Crippen LogP contribution is -2.14. The predicted molar refractivity (Wildman–Crippen MR) is 128 cm³/mol. The van der Waals surface area contributed by atoms with E-state index in [1.165, 1.54) is 116 Å². The standard InChI is InChI=1S/C27H54O2/c1-4-6-7-8-9-10-11-12-13-14-15-16-17-18-19-20-21-22-23-25-27(28)29-26(3)24-5-2/h26H,4-25H2,1-3H3. The molecule has 0 bridgehead atoms. The highest BCUT2D eigenvalue weighted by Crippen LogP contribution is 2.15. The molecular formula is C27H54O2. The Balaban J connectivity index is 3.12. The molecule has 29 heavy (non-hydrogen) atoms. The van der Waals surface area contributed by atoms with Crippen LogP contribution in [-0.2, 0) is 9.53 Å². The second kappa shape index (κ2) is 23.7. The predicted octanol–water partition coefficient (Wildman–Crippen LogP) is 9.54. The highest BCUT2D eigenvalue weighted by Gasteiger charge is 2.07. The van der Waals surface area contributed by atoms with Crippen LogP contribution < -0.4 is 0 Å². The Kier molecular flexibility index (Phi) is 23.3. The highest BCUT2D eigenvalue weighted by molar-refractivity contribution is 5.69. The van der Waals surface area contributed by atoms with Crippen molar-refractivity contribution in [2.75, 3.05) is 0 Å². The van der Waals surface area contributed by atoms with Gasteiger partial charge in [-0.05, 0) is 19.8 Å². The minimum Gasteiger partial charge on any atom is -0.463 e. The number of rotatable bonds is 23. The summed E-state index contributed by atoms with van der Waals surface area (Å²) in [5.74, 6) is -0.00192. The molecule has 0 aliphatic rings. The Labute approximate surface area is 184 Å². The Morgan fingerprint density at radius 3 is 1.24 bits per heavy atom. The normalized spacial score (nSPS) is 12.2. The Morgan fingerprint density at radius 1 is 0.552 bits per heavy atom. The van der Waals surface area contributed by atoms with Crippen LogP contribution in [0.4, 0.5) is 0 Å². The van der Waals surface area contributed by atoms with Crippen LogP contribution in [0.15, 0.2) is 0 Å². The molecule has 1 atom stereocenters. The van der Waals surface area contributed by atoms with Crippen LogP contribution in [0.2, 0.25) is 0 Å². The van der Waals surface area contributed by atoms with Gasteiger partial charge in [-0.25, -0.2) is 0 Å². The number of carbonyl (C=O) groups excluding carboxylic acids is 1. The van der Waals surface area contributed by atoms with Crippen LogP contribution in [0.25, 0.3) is 0 Å². The Hall–Kier alpha value is -0.530. The summed E-state index contributed by atoms with van der Waals surface area (Å²) in [6, 6.07) is 0. The van der Waals surface area contributed by atoms with E-state index in [4.69, 9.17) is 4.74 Å². The van der Waals surface area contributed by atoms with Crippen molar-refractivity contribution >= 4 is 5.97 Å². The monoisotopic (exact) mass is 410 g/mol. The second-order valence-corrected chi connectivity index (χ2v) is 9.20. The molecule has 2 heteroatoms. The number of hydrogen-bond acceptors (Lipinski definition) is 2. The third kappa shape index (κ3) is 23.6. The van der Waals surface area contributed by atoms with E-state index in [1.54, 1.807) is 0 Å². The zero-order valence-electron chi connectivity index (χ0n) is 20.5. The molecule has 0 aromatic carbocycles. The van der Waals surface area contributed by atoms with E-state index in [-0.39, 0.29) is 12.1 Å². The third-order valence-electron chi connectivity index (χ3n) is 6.01. The topological polar surface area (TPSA) is 26.3 Å². The highest BCUT2D eigenvalue weighted by atomic mass is 16.5. The molecule has 2 nitrogen and oxygen atoms in total. The molecule has 0 radical (unpaired) electrons. The Bertz CT molecular complexity index is 326. The largest absolute Gasteiger partial charge is 0.463 e. The van der Waals surface area contributed by atoms with Crippen LogP contribution in [0, 0.1) is 0 Å². The fraction of sp³-hybridized carbons (Fsp3) is 0.963. The molecule has 0 heterocycles. The van der Waals surface area contributed by atoms with Crippen molar-refractivity contribution < 1.29 is 9.53 Å².